The summed E-state index contributed by atoms with van der Waals surface area (Å²) in [5.41, 5.74) is 6.94. The van der Waals surface area contributed by atoms with E-state index < -0.39 is 0 Å². The highest BCUT2D eigenvalue weighted by Gasteiger charge is 2.29. The first-order valence-electron chi connectivity index (χ1n) is 7.05. The molecule has 4 nitrogen and oxygen atoms in total. The molecule has 0 spiro atoms. The van der Waals surface area contributed by atoms with Crippen molar-refractivity contribution in [1.29, 1.82) is 0 Å². The minimum Gasteiger partial charge on any atom is -0.339 e. The molecular weight excluding hydrogens is 250 g/mol. The second-order valence-corrected chi connectivity index (χ2v) is 6.11. The molecule has 1 unspecified atom stereocenters. The summed E-state index contributed by atoms with van der Waals surface area (Å²) in [6, 6.07) is 10.2. The molecule has 20 heavy (non-hydrogen) atoms. The number of rotatable bonds is 5. The van der Waals surface area contributed by atoms with Crippen LogP contribution in [0.15, 0.2) is 34.9 Å². The molecule has 1 aromatic carbocycles. The second kappa shape index (κ2) is 5.75. The molecule has 1 heterocycles. The van der Waals surface area contributed by atoms with Crippen LogP contribution in [0.5, 0.6) is 0 Å². The summed E-state index contributed by atoms with van der Waals surface area (Å²) in [4.78, 5) is 4.52. The van der Waals surface area contributed by atoms with Gasteiger partial charge in [-0.15, -0.1) is 0 Å². The number of hydrogen-bond donors (Lipinski definition) is 1. The van der Waals surface area contributed by atoms with Crippen LogP contribution in [0.4, 0.5) is 0 Å². The highest BCUT2D eigenvalue weighted by atomic mass is 16.5. The van der Waals surface area contributed by atoms with Crippen molar-refractivity contribution in [3.05, 3.63) is 47.6 Å². The van der Waals surface area contributed by atoms with E-state index in [0.717, 1.165) is 0 Å². The van der Waals surface area contributed by atoms with Gasteiger partial charge in [0.05, 0.1) is 5.41 Å². The summed E-state index contributed by atoms with van der Waals surface area (Å²) in [5.74, 6) is 1.72. The van der Waals surface area contributed by atoms with Crippen molar-refractivity contribution < 1.29 is 4.52 Å². The Morgan fingerprint density at radius 2 is 1.85 bits per heavy atom. The minimum atomic E-state index is -0.273. The van der Waals surface area contributed by atoms with E-state index in [2.05, 4.69) is 50.0 Å². The van der Waals surface area contributed by atoms with Crippen LogP contribution in [0.2, 0.25) is 0 Å². The summed E-state index contributed by atoms with van der Waals surface area (Å²) in [5, 5.41) is 4.13. The number of nitrogens with zero attached hydrogens (tertiary/aromatic N) is 2. The predicted molar refractivity (Wildman–Crippen MR) is 79.4 cm³/mol. The molecule has 0 radical (unpaired) electrons. The zero-order chi connectivity index (χ0) is 14.8. The van der Waals surface area contributed by atoms with Crippen molar-refractivity contribution in [2.24, 2.45) is 11.7 Å². The van der Waals surface area contributed by atoms with E-state index in [0.29, 0.717) is 24.1 Å². The van der Waals surface area contributed by atoms with E-state index in [1.54, 1.807) is 0 Å². The lowest BCUT2D eigenvalue weighted by atomic mass is 9.84. The van der Waals surface area contributed by atoms with E-state index in [-0.39, 0.29) is 11.5 Å². The Kier molecular flexibility index (Phi) is 4.23. The fourth-order valence-corrected chi connectivity index (χ4v) is 2.01. The quantitative estimate of drug-likeness (QED) is 0.909. The molecule has 0 fully saturated rings. The van der Waals surface area contributed by atoms with Crippen molar-refractivity contribution in [3.63, 3.8) is 0 Å². The van der Waals surface area contributed by atoms with E-state index >= 15 is 0 Å². The summed E-state index contributed by atoms with van der Waals surface area (Å²) in [6.07, 6.45) is 0.621. The van der Waals surface area contributed by atoms with Crippen LogP contribution in [-0.2, 0) is 11.8 Å². The van der Waals surface area contributed by atoms with Crippen LogP contribution >= 0.6 is 0 Å². The molecule has 0 aliphatic carbocycles. The molecule has 0 saturated heterocycles. The number of benzene rings is 1. The summed E-state index contributed by atoms with van der Waals surface area (Å²) in [6.45, 7) is 8.38. The minimum absolute atomic E-state index is 0.0446. The lowest BCUT2D eigenvalue weighted by Gasteiger charge is -2.20. The van der Waals surface area contributed by atoms with Gasteiger partial charge < -0.3 is 10.3 Å². The molecular formula is C16H23N3O. The fourth-order valence-electron chi connectivity index (χ4n) is 2.01. The highest BCUT2D eigenvalue weighted by molar-refractivity contribution is 5.30. The Hall–Kier alpha value is -1.68. The Morgan fingerprint density at radius 3 is 2.45 bits per heavy atom. The van der Waals surface area contributed by atoms with Gasteiger partial charge in [-0.2, -0.15) is 4.98 Å². The van der Waals surface area contributed by atoms with Crippen LogP contribution in [0.1, 0.15) is 45.0 Å². The molecule has 2 N–H and O–H groups in total. The molecule has 2 rings (SSSR count). The van der Waals surface area contributed by atoms with Crippen molar-refractivity contribution in [2.45, 2.75) is 45.6 Å². The average Bonchev–Trinajstić information content (AvgIpc) is 2.89. The van der Waals surface area contributed by atoms with Crippen molar-refractivity contribution in [2.75, 3.05) is 0 Å². The Morgan fingerprint density at radius 1 is 1.20 bits per heavy atom. The third-order valence-electron chi connectivity index (χ3n) is 3.79. The van der Waals surface area contributed by atoms with Crippen LogP contribution in [0, 0.1) is 5.92 Å². The zero-order valence-corrected chi connectivity index (χ0v) is 12.6. The first kappa shape index (κ1) is 14.7. The fraction of sp³-hybridized carbons (Fsp3) is 0.500. The van der Waals surface area contributed by atoms with Crippen molar-refractivity contribution in [1.82, 2.24) is 10.1 Å². The lowest BCUT2D eigenvalue weighted by Crippen LogP contribution is -2.29. The highest BCUT2D eigenvalue weighted by Crippen LogP contribution is 2.29. The third-order valence-corrected chi connectivity index (χ3v) is 3.79. The van der Waals surface area contributed by atoms with Gasteiger partial charge in [-0.25, -0.2) is 0 Å². The standard InChI is InChI=1S/C16H23N3O/c1-11(2)13(17)10-14-18-15(19-20-14)16(3,4)12-8-6-5-7-9-12/h5-9,11,13H,10,17H2,1-4H3. The third kappa shape index (κ3) is 3.07. The largest absolute Gasteiger partial charge is 0.339 e. The molecule has 1 aromatic heterocycles. The monoisotopic (exact) mass is 273 g/mol. The van der Waals surface area contributed by atoms with Gasteiger partial charge in [-0.3, -0.25) is 0 Å². The van der Waals surface area contributed by atoms with Gasteiger partial charge in [0.15, 0.2) is 5.82 Å². The smallest absolute Gasteiger partial charge is 0.228 e. The maximum absolute atomic E-state index is 6.05. The molecule has 0 bridgehead atoms. The lowest BCUT2D eigenvalue weighted by molar-refractivity contribution is 0.345. The topological polar surface area (TPSA) is 64.9 Å². The average molecular weight is 273 g/mol. The SMILES string of the molecule is CC(C)C(N)Cc1nc(C(C)(C)c2ccccc2)no1. The predicted octanol–water partition coefficient (Wildman–Crippen LogP) is 2.92. The van der Waals surface area contributed by atoms with Crippen LogP contribution < -0.4 is 5.73 Å². The summed E-state index contributed by atoms with van der Waals surface area (Å²) >= 11 is 0. The van der Waals surface area contributed by atoms with Gasteiger partial charge in [0.1, 0.15) is 0 Å². The molecule has 2 aromatic rings. The zero-order valence-electron chi connectivity index (χ0n) is 12.6. The van der Waals surface area contributed by atoms with Crippen LogP contribution in [0.3, 0.4) is 0 Å². The number of hydrogen-bond acceptors (Lipinski definition) is 4. The molecule has 108 valence electrons. The van der Waals surface area contributed by atoms with E-state index in [9.17, 15) is 0 Å². The maximum Gasteiger partial charge on any atom is 0.228 e. The Balaban J connectivity index is 2.20. The van der Waals surface area contributed by atoms with Crippen LogP contribution in [-0.4, -0.2) is 16.2 Å². The molecule has 0 amide bonds. The Labute approximate surface area is 120 Å². The van der Waals surface area contributed by atoms with Gasteiger partial charge in [-0.05, 0) is 25.3 Å². The number of aromatic nitrogens is 2. The van der Waals surface area contributed by atoms with Gasteiger partial charge in [0.2, 0.25) is 5.89 Å². The van der Waals surface area contributed by atoms with Gasteiger partial charge in [0, 0.05) is 12.5 Å². The summed E-state index contributed by atoms with van der Waals surface area (Å²) in [7, 11) is 0. The van der Waals surface area contributed by atoms with Gasteiger partial charge >= 0.3 is 0 Å². The molecule has 1 atom stereocenters. The van der Waals surface area contributed by atoms with E-state index in [1.165, 1.54) is 5.56 Å². The first-order valence-corrected chi connectivity index (χ1v) is 7.05. The maximum atomic E-state index is 6.05. The van der Waals surface area contributed by atoms with Gasteiger partial charge in [0.25, 0.3) is 0 Å². The van der Waals surface area contributed by atoms with Crippen molar-refractivity contribution >= 4 is 0 Å². The summed E-state index contributed by atoms with van der Waals surface area (Å²) < 4.78 is 5.35. The molecule has 0 saturated carbocycles. The van der Waals surface area contributed by atoms with Crippen molar-refractivity contribution in [3.8, 4) is 0 Å². The molecule has 0 aliphatic heterocycles. The first-order chi connectivity index (χ1) is 9.41. The second-order valence-electron chi connectivity index (χ2n) is 6.11. The molecule has 0 aliphatic rings. The van der Waals surface area contributed by atoms with E-state index in [4.69, 9.17) is 10.3 Å². The normalized spacial score (nSPS) is 13.7. The number of nitrogens with two attached hydrogens (primary N) is 1. The van der Waals surface area contributed by atoms with Gasteiger partial charge in [-0.1, -0.05) is 49.3 Å². The van der Waals surface area contributed by atoms with E-state index in [1.807, 2.05) is 18.2 Å². The molecule has 4 heteroatoms. The van der Waals surface area contributed by atoms with Crippen LogP contribution in [0.25, 0.3) is 0 Å². The Bertz CT molecular complexity index is 546.